The molecule has 0 saturated carbocycles. The number of benzene rings is 1. The number of hydrogen-bond donors (Lipinski definition) is 1. The summed E-state index contributed by atoms with van der Waals surface area (Å²) in [6.45, 7) is 3.43. The van der Waals surface area contributed by atoms with Crippen molar-refractivity contribution in [3.63, 3.8) is 0 Å². The molecule has 2 atom stereocenters. The summed E-state index contributed by atoms with van der Waals surface area (Å²) < 4.78 is 10.5. The van der Waals surface area contributed by atoms with Crippen LogP contribution in [0.5, 0.6) is 0 Å². The number of ether oxygens (including phenoxy) is 2. The minimum Gasteiger partial charge on any atom is -0.464 e. The van der Waals surface area contributed by atoms with Crippen LogP contribution in [0.1, 0.15) is 13.3 Å². The van der Waals surface area contributed by atoms with E-state index in [1.165, 1.54) is 0 Å². The van der Waals surface area contributed by atoms with E-state index >= 15 is 0 Å². The quantitative estimate of drug-likeness (QED) is 0.844. The molecule has 0 amide bonds. The van der Waals surface area contributed by atoms with Crippen LogP contribution in [0.2, 0.25) is 5.02 Å². The predicted octanol–water partition coefficient (Wildman–Crippen LogP) is 2.72. The predicted molar refractivity (Wildman–Crippen MR) is 74.4 cm³/mol. The van der Waals surface area contributed by atoms with E-state index in [0.29, 0.717) is 24.8 Å². The Kier molecular flexibility index (Phi) is 5.05. The number of anilines is 1. The van der Waals surface area contributed by atoms with Crippen molar-refractivity contribution < 1.29 is 14.3 Å². The van der Waals surface area contributed by atoms with E-state index in [9.17, 15) is 4.79 Å². The van der Waals surface area contributed by atoms with E-state index in [1.54, 1.807) is 13.0 Å². The molecule has 0 aromatic heterocycles. The van der Waals surface area contributed by atoms with Gasteiger partial charge in [-0.3, -0.25) is 0 Å². The van der Waals surface area contributed by atoms with Crippen LogP contribution in [0.15, 0.2) is 24.3 Å². The summed E-state index contributed by atoms with van der Waals surface area (Å²) in [5, 5.41) is 3.78. The molecule has 0 bridgehead atoms. The van der Waals surface area contributed by atoms with Crippen LogP contribution in [-0.2, 0) is 14.3 Å². The van der Waals surface area contributed by atoms with E-state index in [4.69, 9.17) is 21.1 Å². The SMILES string of the molecule is CCOC(=O)C(Nc1ccccc1Cl)C1CCOC1. The maximum Gasteiger partial charge on any atom is 0.328 e. The Morgan fingerprint density at radius 3 is 3.00 bits per heavy atom. The second kappa shape index (κ2) is 6.78. The van der Waals surface area contributed by atoms with Gasteiger partial charge in [0.15, 0.2) is 0 Å². The molecule has 0 aliphatic carbocycles. The summed E-state index contributed by atoms with van der Waals surface area (Å²) in [6.07, 6.45) is 0.848. The van der Waals surface area contributed by atoms with E-state index < -0.39 is 6.04 Å². The Bertz CT molecular complexity index is 432. The van der Waals surface area contributed by atoms with Crippen LogP contribution in [0, 0.1) is 5.92 Å². The van der Waals surface area contributed by atoms with Gasteiger partial charge in [-0.05, 0) is 25.5 Å². The number of hydrogen-bond acceptors (Lipinski definition) is 4. The lowest BCUT2D eigenvalue weighted by Crippen LogP contribution is -2.38. The second-order valence-corrected chi connectivity index (χ2v) is 4.88. The first kappa shape index (κ1) is 14.2. The maximum absolute atomic E-state index is 12.1. The molecule has 1 aliphatic heterocycles. The monoisotopic (exact) mass is 283 g/mol. The molecule has 1 aromatic rings. The fourth-order valence-electron chi connectivity index (χ4n) is 2.16. The third-order valence-electron chi connectivity index (χ3n) is 3.16. The van der Waals surface area contributed by atoms with Crippen LogP contribution < -0.4 is 5.32 Å². The van der Waals surface area contributed by atoms with Crippen molar-refractivity contribution in [2.45, 2.75) is 19.4 Å². The van der Waals surface area contributed by atoms with Gasteiger partial charge in [0.25, 0.3) is 0 Å². The van der Waals surface area contributed by atoms with Crippen molar-refractivity contribution in [3.8, 4) is 0 Å². The van der Waals surface area contributed by atoms with Crippen LogP contribution >= 0.6 is 11.6 Å². The molecule has 19 heavy (non-hydrogen) atoms. The molecular formula is C14H18ClNO3. The third kappa shape index (κ3) is 3.61. The fourth-order valence-corrected chi connectivity index (χ4v) is 2.35. The highest BCUT2D eigenvalue weighted by Gasteiger charge is 2.32. The van der Waals surface area contributed by atoms with Crippen molar-refractivity contribution in [3.05, 3.63) is 29.3 Å². The first-order valence-corrected chi connectivity index (χ1v) is 6.85. The van der Waals surface area contributed by atoms with Gasteiger partial charge in [-0.15, -0.1) is 0 Å². The van der Waals surface area contributed by atoms with Crippen molar-refractivity contribution >= 4 is 23.3 Å². The molecule has 1 aliphatic rings. The van der Waals surface area contributed by atoms with Crippen LogP contribution in [-0.4, -0.2) is 31.8 Å². The van der Waals surface area contributed by atoms with Gasteiger partial charge < -0.3 is 14.8 Å². The molecule has 104 valence electrons. The number of halogens is 1. The van der Waals surface area contributed by atoms with Gasteiger partial charge in [0.1, 0.15) is 6.04 Å². The lowest BCUT2D eigenvalue weighted by Gasteiger charge is -2.23. The molecule has 1 fully saturated rings. The Labute approximate surface area is 118 Å². The average molecular weight is 284 g/mol. The standard InChI is InChI=1S/C14H18ClNO3/c1-2-19-14(17)13(10-7-8-18-9-10)16-12-6-4-3-5-11(12)15/h3-6,10,13,16H,2,7-9H2,1H3. The molecule has 1 N–H and O–H groups in total. The van der Waals surface area contributed by atoms with Gasteiger partial charge in [0, 0.05) is 12.5 Å². The van der Waals surface area contributed by atoms with Crippen LogP contribution in [0.3, 0.4) is 0 Å². The van der Waals surface area contributed by atoms with E-state index in [1.807, 2.05) is 18.2 Å². The zero-order valence-corrected chi connectivity index (χ0v) is 11.7. The van der Waals surface area contributed by atoms with E-state index in [-0.39, 0.29) is 11.9 Å². The zero-order chi connectivity index (χ0) is 13.7. The largest absolute Gasteiger partial charge is 0.464 e. The van der Waals surface area contributed by atoms with Gasteiger partial charge in [0.2, 0.25) is 0 Å². The molecule has 1 aromatic carbocycles. The van der Waals surface area contributed by atoms with Crippen molar-refractivity contribution in [1.29, 1.82) is 0 Å². The summed E-state index contributed by atoms with van der Waals surface area (Å²) in [6, 6.07) is 6.96. The summed E-state index contributed by atoms with van der Waals surface area (Å²) in [5.74, 6) is -0.131. The molecule has 1 saturated heterocycles. The first-order valence-electron chi connectivity index (χ1n) is 6.47. The second-order valence-electron chi connectivity index (χ2n) is 4.48. The van der Waals surface area contributed by atoms with Crippen LogP contribution in [0.4, 0.5) is 5.69 Å². The summed E-state index contributed by atoms with van der Waals surface area (Å²) in [7, 11) is 0. The molecule has 5 heteroatoms. The molecule has 2 unspecified atom stereocenters. The van der Waals surface area contributed by atoms with Gasteiger partial charge in [-0.1, -0.05) is 23.7 Å². The summed E-state index contributed by atoms with van der Waals surface area (Å²) in [4.78, 5) is 12.1. The smallest absolute Gasteiger partial charge is 0.328 e. The van der Waals surface area contributed by atoms with Crippen LogP contribution in [0.25, 0.3) is 0 Å². The number of rotatable bonds is 5. The highest BCUT2D eigenvalue weighted by Crippen LogP contribution is 2.26. The van der Waals surface area contributed by atoms with Gasteiger partial charge in [-0.25, -0.2) is 4.79 Å². The summed E-state index contributed by atoms with van der Waals surface area (Å²) in [5.41, 5.74) is 0.745. The lowest BCUT2D eigenvalue weighted by atomic mass is 9.98. The Balaban J connectivity index is 2.13. The minimum atomic E-state index is -0.414. The highest BCUT2D eigenvalue weighted by molar-refractivity contribution is 6.33. The Morgan fingerprint density at radius 1 is 1.58 bits per heavy atom. The Morgan fingerprint density at radius 2 is 2.37 bits per heavy atom. The average Bonchev–Trinajstić information content (AvgIpc) is 2.91. The number of carbonyl (C=O) groups excluding carboxylic acids is 1. The normalized spacial score (nSPS) is 20.0. The fraction of sp³-hybridized carbons (Fsp3) is 0.500. The van der Waals surface area contributed by atoms with Crippen molar-refractivity contribution in [2.75, 3.05) is 25.1 Å². The molecule has 0 spiro atoms. The van der Waals surface area contributed by atoms with E-state index in [0.717, 1.165) is 12.1 Å². The minimum absolute atomic E-state index is 0.121. The zero-order valence-electron chi connectivity index (χ0n) is 10.9. The summed E-state index contributed by atoms with van der Waals surface area (Å²) >= 11 is 6.11. The number of para-hydroxylation sites is 1. The number of nitrogens with one attached hydrogen (secondary N) is 1. The number of esters is 1. The van der Waals surface area contributed by atoms with Gasteiger partial charge in [-0.2, -0.15) is 0 Å². The highest BCUT2D eigenvalue weighted by atomic mass is 35.5. The molecule has 4 nitrogen and oxygen atoms in total. The lowest BCUT2D eigenvalue weighted by molar-refractivity contribution is -0.145. The number of carbonyl (C=O) groups is 1. The molecule has 2 rings (SSSR count). The molecule has 1 heterocycles. The third-order valence-corrected chi connectivity index (χ3v) is 3.49. The molecule has 0 radical (unpaired) electrons. The topological polar surface area (TPSA) is 47.6 Å². The first-order chi connectivity index (χ1) is 9.22. The maximum atomic E-state index is 12.1. The van der Waals surface area contributed by atoms with Gasteiger partial charge in [0.05, 0.1) is 23.9 Å². The molecular weight excluding hydrogens is 266 g/mol. The van der Waals surface area contributed by atoms with Gasteiger partial charge >= 0.3 is 5.97 Å². The van der Waals surface area contributed by atoms with Crippen molar-refractivity contribution in [1.82, 2.24) is 0 Å². The Hall–Kier alpha value is -1.26. The van der Waals surface area contributed by atoms with Crippen molar-refractivity contribution in [2.24, 2.45) is 5.92 Å². The van der Waals surface area contributed by atoms with E-state index in [2.05, 4.69) is 5.32 Å².